The van der Waals surface area contributed by atoms with Crippen molar-refractivity contribution in [3.8, 4) is 5.88 Å². The zero-order chi connectivity index (χ0) is 17.3. The number of aryl methyl sites for hydroxylation is 2. The van der Waals surface area contributed by atoms with E-state index in [0.29, 0.717) is 24.4 Å². The molecule has 2 aromatic rings. The Morgan fingerprint density at radius 1 is 1.21 bits per heavy atom. The summed E-state index contributed by atoms with van der Waals surface area (Å²) < 4.78 is 45.7. The number of ether oxygens (including phenoxy) is 1. The second kappa shape index (κ2) is 6.45. The lowest BCUT2D eigenvalue weighted by Gasteiger charge is -2.18. The Balaban J connectivity index is 1.73. The van der Waals surface area contributed by atoms with Crippen molar-refractivity contribution in [1.29, 1.82) is 0 Å². The first-order valence-electron chi connectivity index (χ1n) is 7.59. The highest BCUT2D eigenvalue weighted by molar-refractivity contribution is 7.89. The lowest BCUT2D eigenvalue weighted by atomic mass is 10.2. The summed E-state index contributed by atoms with van der Waals surface area (Å²) in [6.07, 6.45) is 0.284. The van der Waals surface area contributed by atoms with E-state index in [1.54, 1.807) is 19.1 Å². The fraction of sp³-hybridized carbons (Fsp3) is 0.375. The van der Waals surface area contributed by atoms with Gasteiger partial charge in [-0.05, 0) is 50.1 Å². The molecule has 1 aliphatic heterocycles. The summed E-state index contributed by atoms with van der Waals surface area (Å²) in [5.74, 6) is -0.0742. The van der Waals surface area contributed by atoms with E-state index < -0.39 is 15.8 Å². The second-order valence-electron chi connectivity index (χ2n) is 5.81. The molecule has 1 saturated heterocycles. The third-order valence-corrected chi connectivity index (χ3v) is 5.95. The van der Waals surface area contributed by atoms with Gasteiger partial charge in [0.2, 0.25) is 15.9 Å². The van der Waals surface area contributed by atoms with E-state index in [2.05, 4.69) is 10.2 Å². The van der Waals surface area contributed by atoms with Crippen molar-refractivity contribution in [2.75, 3.05) is 13.1 Å². The quantitative estimate of drug-likeness (QED) is 0.843. The van der Waals surface area contributed by atoms with Gasteiger partial charge >= 0.3 is 0 Å². The molecule has 0 bridgehead atoms. The van der Waals surface area contributed by atoms with Gasteiger partial charge in [-0.1, -0.05) is 0 Å². The molecule has 1 atom stereocenters. The van der Waals surface area contributed by atoms with Crippen LogP contribution in [0.15, 0.2) is 35.2 Å². The lowest BCUT2D eigenvalue weighted by Crippen LogP contribution is -2.31. The third-order valence-electron chi connectivity index (χ3n) is 3.92. The largest absolute Gasteiger partial charge is 0.472 e. The maximum Gasteiger partial charge on any atom is 0.243 e. The first-order chi connectivity index (χ1) is 11.4. The van der Waals surface area contributed by atoms with Gasteiger partial charge in [-0.2, -0.15) is 9.40 Å². The zero-order valence-electron chi connectivity index (χ0n) is 13.4. The van der Waals surface area contributed by atoms with E-state index in [-0.39, 0.29) is 17.5 Å². The molecule has 1 aromatic carbocycles. The predicted molar refractivity (Wildman–Crippen MR) is 85.7 cm³/mol. The maximum absolute atomic E-state index is 13.2. The van der Waals surface area contributed by atoms with Crippen LogP contribution in [-0.2, 0) is 10.0 Å². The van der Waals surface area contributed by atoms with Gasteiger partial charge in [0.05, 0.1) is 17.1 Å². The van der Waals surface area contributed by atoms with Gasteiger partial charge in [0.15, 0.2) is 0 Å². The fourth-order valence-electron chi connectivity index (χ4n) is 2.67. The van der Waals surface area contributed by atoms with E-state index in [9.17, 15) is 12.8 Å². The van der Waals surface area contributed by atoms with Crippen molar-refractivity contribution in [3.05, 3.63) is 47.4 Å². The molecule has 1 unspecified atom stereocenters. The Morgan fingerprint density at radius 3 is 2.67 bits per heavy atom. The van der Waals surface area contributed by atoms with E-state index in [1.165, 1.54) is 16.4 Å². The SMILES string of the molecule is Cc1ccc(OC2CCN(S(=O)(=O)c3ccc(F)cc3C)C2)nn1. The van der Waals surface area contributed by atoms with Crippen LogP contribution in [0.3, 0.4) is 0 Å². The number of hydrogen-bond donors (Lipinski definition) is 0. The van der Waals surface area contributed by atoms with Gasteiger partial charge < -0.3 is 4.74 Å². The average Bonchev–Trinajstić information content (AvgIpc) is 2.98. The maximum atomic E-state index is 13.2. The average molecular weight is 351 g/mol. The van der Waals surface area contributed by atoms with E-state index >= 15 is 0 Å². The molecule has 1 aliphatic rings. The number of nitrogens with zero attached hydrogens (tertiary/aromatic N) is 3. The molecule has 0 radical (unpaired) electrons. The van der Waals surface area contributed by atoms with Gasteiger partial charge in [-0.25, -0.2) is 12.8 Å². The van der Waals surface area contributed by atoms with Crippen molar-refractivity contribution in [2.45, 2.75) is 31.3 Å². The molecule has 8 heteroatoms. The number of hydrogen-bond acceptors (Lipinski definition) is 5. The van der Waals surface area contributed by atoms with Crippen LogP contribution in [0.25, 0.3) is 0 Å². The molecule has 0 saturated carbocycles. The topological polar surface area (TPSA) is 72.4 Å². The number of sulfonamides is 1. The minimum absolute atomic E-state index is 0.125. The zero-order valence-corrected chi connectivity index (χ0v) is 14.3. The van der Waals surface area contributed by atoms with Crippen LogP contribution in [0.5, 0.6) is 5.88 Å². The highest BCUT2D eigenvalue weighted by atomic mass is 32.2. The molecule has 6 nitrogen and oxygen atoms in total. The summed E-state index contributed by atoms with van der Waals surface area (Å²) in [4.78, 5) is 0.125. The number of aromatic nitrogens is 2. The number of benzene rings is 1. The van der Waals surface area contributed by atoms with Crippen molar-refractivity contribution in [3.63, 3.8) is 0 Å². The minimum Gasteiger partial charge on any atom is -0.472 e. The molecule has 1 fully saturated rings. The van der Waals surface area contributed by atoms with Crippen LogP contribution < -0.4 is 4.74 Å². The van der Waals surface area contributed by atoms with E-state index in [0.717, 1.165) is 11.8 Å². The van der Waals surface area contributed by atoms with Crippen LogP contribution in [0.4, 0.5) is 4.39 Å². The Morgan fingerprint density at radius 2 is 2.00 bits per heavy atom. The van der Waals surface area contributed by atoms with Gasteiger partial charge in [-0.3, -0.25) is 0 Å². The third kappa shape index (κ3) is 3.39. The van der Waals surface area contributed by atoms with Crippen molar-refractivity contribution < 1.29 is 17.5 Å². The van der Waals surface area contributed by atoms with Crippen LogP contribution in [-0.4, -0.2) is 42.1 Å². The summed E-state index contributed by atoms with van der Waals surface area (Å²) in [7, 11) is -3.67. The molecule has 1 aromatic heterocycles. The first kappa shape index (κ1) is 16.8. The Bertz CT molecular complexity index is 840. The normalized spacial score (nSPS) is 18.7. The summed E-state index contributed by atoms with van der Waals surface area (Å²) >= 11 is 0. The molecule has 3 rings (SSSR count). The summed E-state index contributed by atoms with van der Waals surface area (Å²) in [6.45, 7) is 3.99. The monoisotopic (exact) mass is 351 g/mol. The fourth-order valence-corrected chi connectivity index (χ4v) is 4.37. The minimum atomic E-state index is -3.67. The molecule has 0 aliphatic carbocycles. The van der Waals surface area contributed by atoms with Crippen molar-refractivity contribution >= 4 is 10.0 Å². The molecule has 0 spiro atoms. The van der Waals surface area contributed by atoms with E-state index in [1.807, 2.05) is 6.92 Å². The molecular weight excluding hydrogens is 333 g/mol. The molecule has 24 heavy (non-hydrogen) atoms. The molecule has 0 amide bonds. The Labute approximate surface area is 140 Å². The molecular formula is C16H18FN3O3S. The van der Waals surface area contributed by atoms with Crippen LogP contribution in [0, 0.1) is 19.7 Å². The van der Waals surface area contributed by atoms with Gasteiger partial charge in [0.25, 0.3) is 0 Å². The number of halogens is 1. The summed E-state index contributed by atoms with van der Waals surface area (Å²) in [6, 6.07) is 7.18. The summed E-state index contributed by atoms with van der Waals surface area (Å²) in [5, 5.41) is 7.84. The van der Waals surface area contributed by atoms with Crippen LogP contribution in [0.1, 0.15) is 17.7 Å². The van der Waals surface area contributed by atoms with Crippen molar-refractivity contribution in [1.82, 2.24) is 14.5 Å². The Kier molecular flexibility index (Phi) is 4.51. The highest BCUT2D eigenvalue weighted by Gasteiger charge is 2.34. The van der Waals surface area contributed by atoms with Gasteiger partial charge in [0, 0.05) is 12.6 Å². The lowest BCUT2D eigenvalue weighted by molar-refractivity contribution is 0.204. The standard InChI is InChI=1S/C16H18FN3O3S/c1-11-9-13(17)4-5-15(11)24(21,22)20-8-7-14(10-20)23-16-6-3-12(2)18-19-16/h3-6,9,14H,7-8,10H2,1-2H3. The molecule has 0 N–H and O–H groups in total. The number of rotatable bonds is 4. The smallest absolute Gasteiger partial charge is 0.243 e. The van der Waals surface area contributed by atoms with Gasteiger partial charge in [0.1, 0.15) is 11.9 Å². The van der Waals surface area contributed by atoms with Gasteiger partial charge in [-0.15, -0.1) is 5.10 Å². The summed E-state index contributed by atoms with van der Waals surface area (Å²) in [5.41, 5.74) is 1.17. The molecule has 2 heterocycles. The Hall–Kier alpha value is -2.06. The van der Waals surface area contributed by atoms with E-state index in [4.69, 9.17) is 4.74 Å². The first-order valence-corrected chi connectivity index (χ1v) is 9.03. The predicted octanol–water partition coefficient (Wildman–Crippen LogP) is 2.07. The molecule has 128 valence electrons. The van der Waals surface area contributed by atoms with Crippen LogP contribution in [0.2, 0.25) is 0 Å². The van der Waals surface area contributed by atoms with Crippen LogP contribution >= 0.6 is 0 Å². The second-order valence-corrected chi connectivity index (χ2v) is 7.72. The van der Waals surface area contributed by atoms with Crippen molar-refractivity contribution in [2.24, 2.45) is 0 Å². The highest BCUT2D eigenvalue weighted by Crippen LogP contribution is 2.25.